The Bertz CT molecular complexity index is 546. The van der Waals surface area contributed by atoms with Gasteiger partial charge < -0.3 is 9.88 Å². The lowest BCUT2D eigenvalue weighted by atomic mass is 10.0. The van der Waals surface area contributed by atoms with Crippen LogP contribution in [0.25, 0.3) is 0 Å². The standard InChI is InChI=1S/C17H23N3/c1-3-20-10-9-19-17(20)12-16(18-2)15-11-14(15)13-7-5-4-6-8-13/h4-10,14-16,18H,3,11-12H2,1-2H3. The second-order valence-electron chi connectivity index (χ2n) is 5.65. The summed E-state index contributed by atoms with van der Waals surface area (Å²) in [6.07, 6.45) is 6.30. The zero-order valence-corrected chi connectivity index (χ0v) is 12.3. The molecule has 1 aliphatic rings. The van der Waals surface area contributed by atoms with Crippen LogP contribution in [0.15, 0.2) is 42.7 Å². The molecule has 1 saturated carbocycles. The number of hydrogen-bond acceptors (Lipinski definition) is 2. The lowest BCUT2D eigenvalue weighted by Crippen LogP contribution is -2.31. The van der Waals surface area contributed by atoms with Gasteiger partial charge in [0.15, 0.2) is 0 Å². The second kappa shape index (κ2) is 5.80. The Morgan fingerprint density at radius 3 is 2.85 bits per heavy atom. The van der Waals surface area contributed by atoms with Crippen molar-refractivity contribution in [2.45, 2.75) is 38.3 Å². The average molecular weight is 269 g/mol. The number of likely N-dealkylation sites (N-methyl/N-ethyl adjacent to an activating group) is 1. The third-order valence-electron chi connectivity index (χ3n) is 4.50. The number of nitrogens with zero attached hydrogens (tertiary/aromatic N) is 2. The van der Waals surface area contributed by atoms with E-state index >= 15 is 0 Å². The van der Waals surface area contributed by atoms with E-state index in [4.69, 9.17) is 0 Å². The normalized spacial score (nSPS) is 22.7. The maximum atomic E-state index is 4.51. The number of aryl methyl sites for hydroxylation is 1. The van der Waals surface area contributed by atoms with Gasteiger partial charge in [-0.25, -0.2) is 4.98 Å². The first-order valence-electron chi connectivity index (χ1n) is 7.55. The summed E-state index contributed by atoms with van der Waals surface area (Å²) < 4.78 is 2.24. The van der Waals surface area contributed by atoms with E-state index in [1.54, 1.807) is 0 Å². The molecular weight excluding hydrogens is 246 g/mol. The molecule has 1 aliphatic carbocycles. The van der Waals surface area contributed by atoms with Gasteiger partial charge in [0.05, 0.1) is 0 Å². The van der Waals surface area contributed by atoms with Gasteiger partial charge >= 0.3 is 0 Å². The fourth-order valence-electron chi connectivity index (χ4n) is 3.22. The Labute approximate surface area is 121 Å². The van der Waals surface area contributed by atoms with Gasteiger partial charge in [-0.15, -0.1) is 0 Å². The van der Waals surface area contributed by atoms with E-state index in [0.29, 0.717) is 6.04 Å². The molecule has 2 aromatic rings. The molecule has 3 unspecified atom stereocenters. The van der Waals surface area contributed by atoms with Gasteiger partial charge in [0.25, 0.3) is 0 Å². The van der Waals surface area contributed by atoms with Crippen molar-refractivity contribution in [3.05, 3.63) is 54.1 Å². The first-order valence-corrected chi connectivity index (χ1v) is 7.55. The third kappa shape index (κ3) is 2.63. The molecule has 0 amide bonds. The first kappa shape index (κ1) is 13.4. The number of hydrogen-bond donors (Lipinski definition) is 1. The first-order chi connectivity index (χ1) is 9.83. The monoisotopic (exact) mass is 269 g/mol. The summed E-state index contributed by atoms with van der Waals surface area (Å²) >= 11 is 0. The summed E-state index contributed by atoms with van der Waals surface area (Å²) in [7, 11) is 2.07. The molecule has 1 N–H and O–H groups in total. The van der Waals surface area contributed by atoms with Crippen molar-refractivity contribution in [2.24, 2.45) is 5.92 Å². The highest BCUT2D eigenvalue weighted by molar-refractivity contribution is 5.27. The van der Waals surface area contributed by atoms with Crippen LogP contribution >= 0.6 is 0 Å². The molecule has 1 fully saturated rings. The molecule has 3 heteroatoms. The SMILES string of the molecule is CCn1ccnc1CC(NC)C1CC1c1ccccc1. The summed E-state index contributed by atoms with van der Waals surface area (Å²) in [5.41, 5.74) is 1.48. The number of nitrogens with one attached hydrogen (secondary N) is 1. The van der Waals surface area contributed by atoms with Gasteiger partial charge in [0.2, 0.25) is 0 Å². The van der Waals surface area contributed by atoms with Gasteiger partial charge in [-0.2, -0.15) is 0 Å². The third-order valence-corrected chi connectivity index (χ3v) is 4.50. The van der Waals surface area contributed by atoms with Gasteiger partial charge in [-0.1, -0.05) is 30.3 Å². The lowest BCUT2D eigenvalue weighted by Gasteiger charge is -2.16. The highest BCUT2D eigenvalue weighted by Crippen LogP contribution is 2.49. The largest absolute Gasteiger partial charge is 0.335 e. The van der Waals surface area contributed by atoms with Crippen LogP contribution in [0.2, 0.25) is 0 Å². The zero-order valence-electron chi connectivity index (χ0n) is 12.3. The van der Waals surface area contributed by atoms with Gasteiger partial charge in [-0.3, -0.25) is 0 Å². The Kier molecular flexibility index (Phi) is 3.88. The minimum absolute atomic E-state index is 0.521. The Hall–Kier alpha value is -1.61. The summed E-state index contributed by atoms with van der Waals surface area (Å²) in [6.45, 7) is 3.17. The van der Waals surface area contributed by atoms with Crippen molar-refractivity contribution in [3.63, 3.8) is 0 Å². The second-order valence-corrected chi connectivity index (χ2v) is 5.65. The van der Waals surface area contributed by atoms with Crippen LogP contribution in [0.3, 0.4) is 0 Å². The smallest absolute Gasteiger partial charge is 0.110 e. The van der Waals surface area contributed by atoms with Crippen molar-refractivity contribution in [1.29, 1.82) is 0 Å². The number of rotatable bonds is 6. The molecule has 0 spiro atoms. The van der Waals surface area contributed by atoms with Crippen LogP contribution in [0.4, 0.5) is 0 Å². The Morgan fingerprint density at radius 2 is 2.15 bits per heavy atom. The molecule has 3 atom stereocenters. The van der Waals surface area contributed by atoms with Crippen molar-refractivity contribution in [3.8, 4) is 0 Å². The topological polar surface area (TPSA) is 29.9 Å². The predicted molar refractivity (Wildman–Crippen MR) is 81.7 cm³/mol. The molecule has 3 nitrogen and oxygen atoms in total. The maximum absolute atomic E-state index is 4.51. The van der Waals surface area contributed by atoms with E-state index in [9.17, 15) is 0 Å². The summed E-state index contributed by atoms with van der Waals surface area (Å²) in [5.74, 6) is 2.66. The molecule has 3 rings (SSSR count). The number of aromatic nitrogens is 2. The quantitative estimate of drug-likeness (QED) is 0.874. The van der Waals surface area contributed by atoms with Gasteiger partial charge in [0, 0.05) is 31.4 Å². The zero-order chi connectivity index (χ0) is 13.9. The van der Waals surface area contributed by atoms with Crippen LogP contribution in [0.5, 0.6) is 0 Å². The van der Waals surface area contributed by atoms with Crippen LogP contribution in [-0.4, -0.2) is 22.6 Å². The highest BCUT2D eigenvalue weighted by Gasteiger charge is 2.43. The van der Waals surface area contributed by atoms with E-state index in [1.165, 1.54) is 17.8 Å². The van der Waals surface area contributed by atoms with Crippen LogP contribution in [0.1, 0.15) is 30.7 Å². The minimum atomic E-state index is 0.521. The van der Waals surface area contributed by atoms with Crippen molar-refractivity contribution < 1.29 is 0 Å². The molecule has 20 heavy (non-hydrogen) atoms. The molecule has 0 bridgehead atoms. The molecular formula is C17H23N3. The van der Waals surface area contributed by atoms with E-state index in [-0.39, 0.29) is 0 Å². The highest BCUT2D eigenvalue weighted by atomic mass is 15.1. The summed E-state index contributed by atoms with van der Waals surface area (Å²) in [4.78, 5) is 4.51. The maximum Gasteiger partial charge on any atom is 0.110 e. The Balaban J connectivity index is 1.67. The van der Waals surface area contributed by atoms with Crippen LogP contribution in [0, 0.1) is 5.92 Å². The van der Waals surface area contributed by atoms with Crippen molar-refractivity contribution in [1.82, 2.24) is 14.9 Å². The van der Waals surface area contributed by atoms with Gasteiger partial charge in [0.1, 0.15) is 5.82 Å². The number of benzene rings is 1. The predicted octanol–water partition coefficient (Wildman–Crippen LogP) is 2.84. The van der Waals surface area contributed by atoms with E-state index in [1.807, 2.05) is 6.20 Å². The molecule has 1 aromatic carbocycles. The number of imidazole rings is 1. The molecule has 0 radical (unpaired) electrons. The van der Waals surface area contributed by atoms with E-state index < -0.39 is 0 Å². The van der Waals surface area contributed by atoms with Crippen molar-refractivity contribution in [2.75, 3.05) is 7.05 Å². The van der Waals surface area contributed by atoms with E-state index in [2.05, 4.69) is 65.4 Å². The van der Waals surface area contributed by atoms with Crippen molar-refractivity contribution >= 4 is 0 Å². The Morgan fingerprint density at radius 1 is 1.35 bits per heavy atom. The average Bonchev–Trinajstić information content (AvgIpc) is 3.17. The van der Waals surface area contributed by atoms with Crippen LogP contribution in [-0.2, 0) is 13.0 Å². The van der Waals surface area contributed by atoms with Crippen LogP contribution < -0.4 is 5.32 Å². The van der Waals surface area contributed by atoms with E-state index in [0.717, 1.165) is 24.8 Å². The fraction of sp³-hybridized carbons (Fsp3) is 0.471. The lowest BCUT2D eigenvalue weighted by molar-refractivity contribution is 0.471. The summed E-state index contributed by atoms with van der Waals surface area (Å²) in [5, 5.41) is 3.50. The molecule has 106 valence electrons. The minimum Gasteiger partial charge on any atom is -0.335 e. The summed E-state index contributed by atoms with van der Waals surface area (Å²) in [6, 6.07) is 11.4. The fourth-order valence-corrected chi connectivity index (χ4v) is 3.22. The molecule has 0 saturated heterocycles. The molecule has 0 aliphatic heterocycles. The molecule has 1 aromatic heterocycles. The van der Waals surface area contributed by atoms with Gasteiger partial charge in [-0.05, 0) is 37.8 Å². The molecule has 1 heterocycles.